The molecule has 2 aliphatic carbocycles. The Morgan fingerprint density at radius 2 is 1.32 bits per heavy atom. The smallest absolute Gasteiger partial charge is 0.0780 e. The molecule has 174 valence electrons. The summed E-state index contributed by atoms with van der Waals surface area (Å²) in [5.41, 5.74) is 18.9. The van der Waals surface area contributed by atoms with Crippen molar-refractivity contribution in [1.29, 1.82) is 0 Å². The summed E-state index contributed by atoms with van der Waals surface area (Å²) >= 11 is 0. The van der Waals surface area contributed by atoms with Crippen molar-refractivity contribution >= 4 is 32.3 Å². The van der Waals surface area contributed by atoms with Gasteiger partial charge in [-0.05, 0) is 89.3 Å². The lowest BCUT2D eigenvalue weighted by Crippen LogP contribution is -2.17. The molecule has 0 N–H and O–H groups in total. The third-order valence-corrected chi connectivity index (χ3v) is 8.83. The standard InChI is InChI=1S/C34H23N3/c1-19-22-15-16-26-25(31(22)27-13-11-20-7-3-5-9-23(20)30(19)27)17-18-29-32(26)28-14-12-21-8-4-6-10-24(21)33(28)34(29,2)36-37-35/h3-19H,1-2H3. The summed E-state index contributed by atoms with van der Waals surface area (Å²) in [5.74, 6) is 0.332. The van der Waals surface area contributed by atoms with Gasteiger partial charge in [-0.25, -0.2) is 0 Å². The Balaban J connectivity index is 1.50. The van der Waals surface area contributed by atoms with Crippen molar-refractivity contribution in [3.63, 3.8) is 0 Å². The lowest BCUT2D eigenvalue weighted by molar-refractivity contribution is 0.621. The van der Waals surface area contributed by atoms with E-state index in [9.17, 15) is 5.53 Å². The average molecular weight is 474 g/mol. The van der Waals surface area contributed by atoms with E-state index in [2.05, 4.69) is 121 Å². The molecule has 0 bridgehead atoms. The highest BCUT2D eigenvalue weighted by Crippen LogP contribution is 2.57. The van der Waals surface area contributed by atoms with E-state index in [4.69, 9.17) is 0 Å². The van der Waals surface area contributed by atoms with Gasteiger partial charge >= 0.3 is 0 Å². The Morgan fingerprint density at radius 1 is 0.676 bits per heavy atom. The minimum absolute atomic E-state index is 0.332. The fraction of sp³-hybridized carbons (Fsp3) is 0.118. The van der Waals surface area contributed by atoms with E-state index >= 15 is 0 Å². The molecule has 0 saturated carbocycles. The molecule has 0 heterocycles. The first-order chi connectivity index (χ1) is 18.1. The van der Waals surface area contributed by atoms with Crippen molar-refractivity contribution < 1.29 is 0 Å². The molecule has 8 rings (SSSR count). The fourth-order valence-corrected chi connectivity index (χ4v) is 7.25. The topological polar surface area (TPSA) is 48.8 Å². The predicted octanol–water partition coefficient (Wildman–Crippen LogP) is 9.83. The van der Waals surface area contributed by atoms with Crippen molar-refractivity contribution in [3.05, 3.63) is 130 Å². The molecule has 0 amide bonds. The van der Waals surface area contributed by atoms with Crippen molar-refractivity contribution in [2.45, 2.75) is 25.3 Å². The molecule has 2 aliphatic rings. The summed E-state index contributed by atoms with van der Waals surface area (Å²) in [4.78, 5) is 3.33. The first-order valence-electron chi connectivity index (χ1n) is 12.8. The Bertz CT molecular complexity index is 2030. The number of azide groups is 1. The summed E-state index contributed by atoms with van der Waals surface area (Å²) in [6.45, 7) is 4.39. The van der Waals surface area contributed by atoms with Crippen LogP contribution in [0.4, 0.5) is 0 Å². The number of hydrogen-bond acceptors (Lipinski definition) is 1. The minimum Gasteiger partial charge on any atom is -0.0780 e. The van der Waals surface area contributed by atoms with Crippen LogP contribution in [0.3, 0.4) is 0 Å². The number of nitrogens with zero attached hydrogens (tertiary/aromatic N) is 3. The van der Waals surface area contributed by atoms with E-state index in [1.54, 1.807) is 0 Å². The fourth-order valence-electron chi connectivity index (χ4n) is 7.25. The van der Waals surface area contributed by atoms with Gasteiger partial charge in [0.2, 0.25) is 0 Å². The molecule has 0 radical (unpaired) electrons. The van der Waals surface area contributed by atoms with Crippen molar-refractivity contribution in [2.75, 3.05) is 0 Å². The summed E-state index contributed by atoms with van der Waals surface area (Å²) in [7, 11) is 0. The van der Waals surface area contributed by atoms with Crippen LogP contribution in [0.1, 0.15) is 42.0 Å². The van der Waals surface area contributed by atoms with Crippen LogP contribution in [-0.2, 0) is 5.54 Å². The molecule has 2 atom stereocenters. The maximum Gasteiger partial charge on any atom is 0.0977 e. The van der Waals surface area contributed by atoms with Crippen molar-refractivity contribution in [1.82, 2.24) is 0 Å². The highest BCUT2D eigenvalue weighted by atomic mass is 15.2. The van der Waals surface area contributed by atoms with Crippen LogP contribution in [0.2, 0.25) is 0 Å². The molecule has 37 heavy (non-hydrogen) atoms. The van der Waals surface area contributed by atoms with E-state index in [0.29, 0.717) is 5.92 Å². The van der Waals surface area contributed by atoms with Gasteiger partial charge in [-0.3, -0.25) is 0 Å². The van der Waals surface area contributed by atoms with E-state index in [-0.39, 0.29) is 0 Å². The van der Waals surface area contributed by atoms with Crippen LogP contribution in [0.25, 0.3) is 65.0 Å². The van der Waals surface area contributed by atoms with E-state index in [1.165, 1.54) is 54.9 Å². The minimum atomic E-state index is -0.769. The molecular formula is C34H23N3. The molecule has 0 aromatic heterocycles. The van der Waals surface area contributed by atoms with Crippen LogP contribution in [0.5, 0.6) is 0 Å². The lowest BCUT2D eigenvalue weighted by Gasteiger charge is -2.22. The van der Waals surface area contributed by atoms with Gasteiger partial charge in [0.15, 0.2) is 0 Å². The van der Waals surface area contributed by atoms with Crippen LogP contribution >= 0.6 is 0 Å². The molecule has 6 aromatic rings. The first kappa shape index (κ1) is 20.6. The number of fused-ring (bicyclic) bond motifs is 13. The summed E-state index contributed by atoms with van der Waals surface area (Å²) < 4.78 is 0. The van der Waals surface area contributed by atoms with E-state index in [1.807, 2.05) is 0 Å². The van der Waals surface area contributed by atoms with Gasteiger partial charge in [-0.15, -0.1) is 0 Å². The third kappa shape index (κ3) is 2.45. The summed E-state index contributed by atoms with van der Waals surface area (Å²) in [6, 6.07) is 35.1. The lowest BCUT2D eigenvalue weighted by atomic mass is 9.86. The zero-order chi connectivity index (χ0) is 24.9. The van der Waals surface area contributed by atoms with Gasteiger partial charge in [-0.1, -0.05) is 109 Å². The van der Waals surface area contributed by atoms with Gasteiger partial charge in [0.1, 0.15) is 0 Å². The van der Waals surface area contributed by atoms with Crippen LogP contribution in [0.15, 0.2) is 102 Å². The molecule has 3 heteroatoms. The zero-order valence-electron chi connectivity index (χ0n) is 20.7. The van der Waals surface area contributed by atoms with E-state index in [0.717, 1.165) is 21.9 Å². The maximum atomic E-state index is 9.64. The Labute approximate surface area is 214 Å². The Kier molecular flexibility index (Phi) is 3.90. The Hall–Kier alpha value is -4.59. The maximum absolute atomic E-state index is 9.64. The Morgan fingerprint density at radius 3 is 2.11 bits per heavy atom. The van der Waals surface area contributed by atoms with Gasteiger partial charge in [0.25, 0.3) is 0 Å². The monoisotopic (exact) mass is 473 g/mol. The number of hydrogen-bond donors (Lipinski definition) is 0. The molecular weight excluding hydrogens is 450 g/mol. The molecule has 2 unspecified atom stereocenters. The quantitative estimate of drug-likeness (QED) is 0.130. The highest BCUT2D eigenvalue weighted by molar-refractivity contribution is 6.13. The molecule has 3 nitrogen and oxygen atoms in total. The van der Waals surface area contributed by atoms with Gasteiger partial charge in [0, 0.05) is 10.8 Å². The second-order valence-electron chi connectivity index (χ2n) is 10.6. The SMILES string of the molecule is CC1c2ccc3c4c(ccc3c2-c2ccc3ccccc3c21)C(C)(N=[N+]=[N-])c1c-4ccc2ccccc12. The van der Waals surface area contributed by atoms with Crippen molar-refractivity contribution in [2.24, 2.45) is 5.11 Å². The van der Waals surface area contributed by atoms with E-state index < -0.39 is 5.54 Å². The van der Waals surface area contributed by atoms with Crippen molar-refractivity contribution in [3.8, 4) is 22.3 Å². The molecule has 0 saturated heterocycles. The molecule has 6 aromatic carbocycles. The van der Waals surface area contributed by atoms with Gasteiger partial charge in [0.05, 0.1) is 5.54 Å². The van der Waals surface area contributed by atoms with Gasteiger partial charge < -0.3 is 0 Å². The van der Waals surface area contributed by atoms with Crippen LogP contribution in [-0.4, -0.2) is 0 Å². The molecule has 0 fully saturated rings. The summed E-state index contributed by atoms with van der Waals surface area (Å²) in [6.07, 6.45) is 0. The van der Waals surface area contributed by atoms with Gasteiger partial charge in [-0.2, -0.15) is 0 Å². The number of rotatable bonds is 1. The third-order valence-electron chi connectivity index (χ3n) is 8.83. The highest BCUT2D eigenvalue weighted by Gasteiger charge is 2.41. The molecule has 0 spiro atoms. The second-order valence-corrected chi connectivity index (χ2v) is 10.6. The first-order valence-corrected chi connectivity index (χ1v) is 12.8. The molecule has 0 aliphatic heterocycles. The van der Waals surface area contributed by atoms with Crippen LogP contribution in [0, 0.1) is 0 Å². The average Bonchev–Trinajstić information content (AvgIpc) is 3.38. The largest absolute Gasteiger partial charge is 0.0977 e. The van der Waals surface area contributed by atoms with Crippen LogP contribution < -0.4 is 0 Å². The zero-order valence-corrected chi connectivity index (χ0v) is 20.7. The summed E-state index contributed by atoms with van der Waals surface area (Å²) in [5, 5.41) is 11.8. The normalized spacial score (nSPS) is 18.9. The number of benzene rings is 6. The second kappa shape index (κ2) is 7.00. The predicted molar refractivity (Wildman–Crippen MR) is 153 cm³/mol.